The quantitative estimate of drug-likeness (QED) is 0.0984. The fraction of sp³-hybridized carbons (Fsp3) is 0. The summed E-state index contributed by atoms with van der Waals surface area (Å²) in [6.45, 7) is 0. The summed E-state index contributed by atoms with van der Waals surface area (Å²) in [5, 5.41) is 6.95. The predicted octanol–water partition coefficient (Wildman–Crippen LogP) is 28.9. The molecular formula is C117H78N12. The van der Waals surface area contributed by atoms with Crippen LogP contribution in [0.5, 0.6) is 0 Å². The van der Waals surface area contributed by atoms with Gasteiger partial charge in [-0.05, 0) is 110 Å². The van der Waals surface area contributed by atoms with E-state index in [2.05, 4.69) is 372 Å². The molecule has 129 heavy (non-hydrogen) atoms. The van der Waals surface area contributed by atoms with Gasteiger partial charge in [-0.3, -0.25) is 13.7 Å². The zero-order chi connectivity index (χ0) is 85.8. The molecule has 6 aromatic heterocycles. The number of hydrogen-bond acceptors (Lipinski definition) is 9. The SMILES string of the molecule is c1ccc(-c2ccc(-c3nc(-c4cccc(-c5ccccc5)c4)nc(-n4c5ccc(-c6ccccc6)cc5c5cccc(-c6ccccc6)c54)n3)cc2)cc1.c1ccc(-c2ccc(-c3nc(-c4ccccc4)nc(-n4c5ccccc5c5cc(-c6ccccc6)ccc54)n3)cc2)cc1.c1ccc(-c2nc(-c3ccccc3)nc(-n3c4ccccc4c4ccccc43)n2)cc1. The Morgan fingerprint density at radius 3 is 0.713 bits per heavy atom. The molecule has 0 saturated carbocycles. The van der Waals surface area contributed by atoms with Crippen molar-refractivity contribution in [2.24, 2.45) is 0 Å². The van der Waals surface area contributed by atoms with Gasteiger partial charge in [-0.1, -0.05) is 425 Å². The van der Waals surface area contributed by atoms with Gasteiger partial charge in [0.05, 0.1) is 33.1 Å². The van der Waals surface area contributed by atoms with Crippen molar-refractivity contribution in [3.8, 4) is 153 Å². The molecule has 0 unspecified atom stereocenters. The monoisotopic (exact) mass is 1650 g/mol. The summed E-state index contributed by atoms with van der Waals surface area (Å²) in [4.78, 5) is 45.6. The standard InChI is InChI=1S/C51H34N4.C39H26N4.C27H18N4/c1-5-15-35(16-6-1)38-27-29-40(30-28-38)49-52-50(43-24-13-23-41(33-43)36-17-7-2-8-18-36)54-51(53-49)55-47-32-31-42(37-19-9-3-10-20-37)34-46(47)45-26-14-25-44(48(45)55)39-21-11-4-12-22-39;1-4-12-27(13-5-1)29-20-22-31(23-21-29)38-40-37(30-16-8-3-9-17-30)41-39(42-38)43-35-19-11-10-18-33(35)34-26-32(24-25-36(34)43)28-14-6-2-7-15-28;1-3-11-19(12-4-1)25-28-26(20-13-5-2-6-14-20)30-27(29-25)31-23-17-9-7-15-21(23)22-16-8-10-18-24(22)31/h1-34H;1-26H;1-18H. The highest BCUT2D eigenvalue weighted by atomic mass is 15.2. The van der Waals surface area contributed by atoms with Crippen molar-refractivity contribution in [2.75, 3.05) is 0 Å². The van der Waals surface area contributed by atoms with E-state index in [0.29, 0.717) is 52.8 Å². The summed E-state index contributed by atoms with van der Waals surface area (Å²) in [7, 11) is 0. The molecule has 0 aliphatic heterocycles. The average molecular weight is 1650 g/mol. The molecule has 12 nitrogen and oxygen atoms in total. The van der Waals surface area contributed by atoms with E-state index >= 15 is 0 Å². The van der Waals surface area contributed by atoms with Crippen LogP contribution in [0.3, 0.4) is 0 Å². The second kappa shape index (κ2) is 34.6. The van der Waals surface area contributed by atoms with Gasteiger partial charge >= 0.3 is 0 Å². The normalized spacial score (nSPS) is 11.3. The fourth-order valence-electron chi connectivity index (χ4n) is 17.4. The van der Waals surface area contributed by atoms with Gasteiger partial charge in [0.1, 0.15) is 0 Å². The Morgan fingerprint density at radius 2 is 0.341 bits per heavy atom. The summed E-state index contributed by atoms with van der Waals surface area (Å²) in [5.74, 6) is 5.58. The van der Waals surface area contributed by atoms with Crippen molar-refractivity contribution in [3.05, 3.63) is 473 Å². The lowest BCUT2D eigenvalue weighted by Gasteiger charge is -2.13. The molecule has 0 radical (unpaired) electrons. The molecule has 6 heterocycles. The minimum absolute atomic E-state index is 0.563. The number of aromatic nitrogens is 12. The van der Waals surface area contributed by atoms with Gasteiger partial charge in [-0.15, -0.1) is 0 Å². The van der Waals surface area contributed by atoms with Crippen molar-refractivity contribution in [1.29, 1.82) is 0 Å². The van der Waals surface area contributed by atoms with Crippen LogP contribution in [0, 0.1) is 0 Å². The molecule has 24 aromatic rings. The van der Waals surface area contributed by atoms with E-state index in [0.717, 1.165) is 133 Å². The molecule has 24 rings (SSSR count). The first-order chi connectivity index (χ1) is 64.0. The summed E-state index contributed by atoms with van der Waals surface area (Å²) in [5.41, 5.74) is 25.8. The number of rotatable bonds is 15. The van der Waals surface area contributed by atoms with Crippen LogP contribution in [0.2, 0.25) is 0 Å². The summed E-state index contributed by atoms with van der Waals surface area (Å²) >= 11 is 0. The summed E-state index contributed by atoms with van der Waals surface area (Å²) < 4.78 is 6.52. The van der Waals surface area contributed by atoms with Crippen LogP contribution in [-0.4, -0.2) is 58.6 Å². The Kier molecular flexibility index (Phi) is 20.8. The summed E-state index contributed by atoms with van der Waals surface area (Å²) in [6, 6.07) is 164. The maximum atomic E-state index is 5.33. The molecule has 0 saturated heterocycles. The molecule has 0 amide bonds. The lowest BCUT2D eigenvalue weighted by Crippen LogP contribution is -2.07. The Morgan fingerprint density at radius 1 is 0.124 bits per heavy atom. The third kappa shape index (κ3) is 15.5. The van der Waals surface area contributed by atoms with E-state index in [4.69, 9.17) is 44.9 Å². The zero-order valence-electron chi connectivity index (χ0n) is 69.9. The lowest BCUT2D eigenvalue weighted by atomic mass is 10.0. The molecule has 0 aliphatic carbocycles. The van der Waals surface area contributed by atoms with E-state index in [-0.39, 0.29) is 0 Å². The molecule has 18 aromatic carbocycles. The third-order valence-electron chi connectivity index (χ3n) is 23.6. The smallest absolute Gasteiger partial charge is 0.238 e. The van der Waals surface area contributed by atoms with Crippen molar-refractivity contribution in [3.63, 3.8) is 0 Å². The van der Waals surface area contributed by atoms with Crippen LogP contribution in [0.15, 0.2) is 473 Å². The van der Waals surface area contributed by atoms with Gasteiger partial charge in [-0.25, -0.2) is 15.0 Å². The molecule has 0 fully saturated rings. The highest BCUT2D eigenvalue weighted by Gasteiger charge is 2.25. The number of nitrogens with zero attached hydrogens (tertiary/aromatic N) is 12. The van der Waals surface area contributed by atoms with Crippen molar-refractivity contribution < 1.29 is 0 Å². The van der Waals surface area contributed by atoms with Crippen molar-refractivity contribution >= 4 is 65.4 Å². The van der Waals surface area contributed by atoms with E-state index in [1.807, 2.05) is 115 Å². The number of hydrogen-bond donors (Lipinski definition) is 0. The van der Waals surface area contributed by atoms with Gasteiger partial charge in [0.2, 0.25) is 17.8 Å². The first-order valence-corrected chi connectivity index (χ1v) is 43.1. The van der Waals surface area contributed by atoms with Gasteiger partial charge in [-0.2, -0.15) is 29.9 Å². The molecule has 12 heteroatoms. The fourth-order valence-corrected chi connectivity index (χ4v) is 17.4. The highest BCUT2D eigenvalue weighted by molar-refractivity contribution is 6.15. The first kappa shape index (κ1) is 77.4. The average Bonchev–Trinajstić information content (AvgIpc) is 1.57. The maximum Gasteiger partial charge on any atom is 0.238 e. The molecule has 0 N–H and O–H groups in total. The van der Waals surface area contributed by atoms with Crippen molar-refractivity contribution in [1.82, 2.24) is 58.6 Å². The second-order valence-corrected chi connectivity index (χ2v) is 31.6. The van der Waals surface area contributed by atoms with E-state index in [1.165, 1.54) is 33.0 Å². The van der Waals surface area contributed by atoms with Crippen LogP contribution in [0.4, 0.5) is 0 Å². The first-order valence-electron chi connectivity index (χ1n) is 43.1. The summed E-state index contributed by atoms with van der Waals surface area (Å²) in [6.07, 6.45) is 0. The molecule has 0 spiro atoms. The van der Waals surface area contributed by atoms with E-state index < -0.39 is 0 Å². The molecular weight excluding hydrogens is 1570 g/mol. The Labute approximate surface area is 745 Å². The highest BCUT2D eigenvalue weighted by Crippen LogP contribution is 2.43. The van der Waals surface area contributed by atoms with Crippen LogP contribution >= 0.6 is 0 Å². The predicted molar refractivity (Wildman–Crippen MR) is 528 cm³/mol. The van der Waals surface area contributed by atoms with Crippen LogP contribution in [0.1, 0.15) is 0 Å². The van der Waals surface area contributed by atoms with Crippen LogP contribution < -0.4 is 0 Å². The van der Waals surface area contributed by atoms with Gasteiger partial charge in [0.25, 0.3) is 0 Å². The number of benzene rings is 18. The minimum Gasteiger partial charge on any atom is -0.278 e. The number of para-hydroxylation sites is 4. The second-order valence-electron chi connectivity index (χ2n) is 31.6. The minimum atomic E-state index is 0.563. The van der Waals surface area contributed by atoms with Gasteiger partial charge in [0.15, 0.2) is 34.9 Å². The number of fused-ring (bicyclic) bond motifs is 9. The molecule has 0 atom stereocenters. The molecule has 0 bridgehead atoms. The third-order valence-corrected chi connectivity index (χ3v) is 23.6. The topological polar surface area (TPSA) is 131 Å². The Balaban J connectivity index is 0.000000118. The zero-order valence-corrected chi connectivity index (χ0v) is 69.9. The molecule has 606 valence electrons. The van der Waals surface area contributed by atoms with Crippen LogP contribution in [0.25, 0.3) is 218 Å². The van der Waals surface area contributed by atoms with Crippen LogP contribution in [-0.2, 0) is 0 Å². The largest absolute Gasteiger partial charge is 0.278 e. The van der Waals surface area contributed by atoms with Gasteiger partial charge < -0.3 is 0 Å². The Bertz CT molecular complexity index is 8050. The van der Waals surface area contributed by atoms with Crippen molar-refractivity contribution in [2.45, 2.75) is 0 Å². The van der Waals surface area contributed by atoms with Gasteiger partial charge in [0, 0.05) is 71.3 Å². The maximum absolute atomic E-state index is 5.33. The Hall–Kier alpha value is -17.6. The lowest BCUT2D eigenvalue weighted by molar-refractivity contribution is 0.953. The van der Waals surface area contributed by atoms with E-state index in [1.54, 1.807) is 0 Å². The van der Waals surface area contributed by atoms with E-state index in [9.17, 15) is 0 Å². The molecule has 0 aliphatic rings.